The number of fused-ring (bicyclic) bond motifs is 1. The number of nitrogens with zero attached hydrogens (tertiary/aromatic N) is 3. The lowest BCUT2D eigenvalue weighted by Crippen LogP contribution is -2.34. The molecule has 0 aliphatic carbocycles. The van der Waals surface area contributed by atoms with Crippen LogP contribution in [0.25, 0.3) is 10.2 Å². The van der Waals surface area contributed by atoms with E-state index in [0.29, 0.717) is 22.7 Å². The van der Waals surface area contributed by atoms with Crippen molar-refractivity contribution in [2.45, 2.75) is 19.5 Å². The number of amides is 2. The summed E-state index contributed by atoms with van der Waals surface area (Å²) in [6.45, 7) is 2.19. The van der Waals surface area contributed by atoms with Crippen LogP contribution in [0.15, 0.2) is 78.0 Å². The second-order valence-electron chi connectivity index (χ2n) is 7.12. The van der Waals surface area contributed by atoms with Crippen LogP contribution in [0.5, 0.6) is 5.75 Å². The first-order valence-corrected chi connectivity index (χ1v) is 10.9. The highest BCUT2D eigenvalue weighted by molar-refractivity contribution is 7.16. The molecule has 0 fully saturated rings. The van der Waals surface area contributed by atoms with Crippen LogP contribution in [0.3, 0.4) is 0 Å². The van der Waals surface area contributed by atoms with Gasteiger partial charge in [0.2, 0.25) is 5.91 Å². The smallest absolute Gasteiger partial charge is 0.279 e. The minimum absolute atomic E-state index is 0.166. The zero-order valence-electron chi connectivity index (χ0n) is 17.7. The molecule has 0 unspecified atom stereocenters. The number of ether oxygens (including phenoxy) is 1. The van der Waals surface area contributed by atoms with Crippen LogP contribution in [0, 0.1) is 0 Å². The van der Waals surface area contributed by atoms with E-state index in [-0.39, 0.29) is 5.91 Å². The number of hydrogen-bond donors (Lipinski definition) is 1. The van der Waals surface area contributed by atoms with Gasteiger partial charge in [0.05, 0.1) is 17.3 Å². The number of nitrogens with one attached hydrogen (secondary N) is 1. The number of pyridine rings is 1. The Balaban J connectivity index is 1.68. The molecular weight excluding hydrogens is 424 g/mol. The monoisotopic (exact) mass is 446 g/mol. The zero-order chi connectivity index (χ0) is 22.5. The molecule has 0 spiro atoms. The van der Waals surface area contributed by atoms with E-state index in [1.54, 1.807) is 55.3 Å². The molecule has 4 rings (SSSR count). The molecule has 0 aliphatic heterocycles. The van der Waals surface area contributed by atoms with Crippen molar-refractivity contribution in [3.63, 3.8) is 0 Å². The lowest BCUT2D eigenvalue weighted by Gasteiger charge is -2.15. The third-order valence-electron chi connectivity index (χ3n) is 5.03. The van der Waals surface area contributed by atoms with Crippen LogP contribution in [-0.2, 0) is 11.3 Å². The molecule has 162 valence electrons. The van der Waals surface area contributed by atoms with Crippen molar-refractivity contribution in [3.8, 4) is 5.75 Å². The average molecular weight is 447 g/mol. The maximum Gasteiger partial charge on any atom is 0.279 e. The molecule has 4 aromatic rings. The fraction of sp³-hybridized carbons (Fsp3) is 0.167. The van der Waals surface area contributed by atoms with E-state index >= 15 is 0 Å². The molecule has 2 aromatic heterocycles. The van der Waals surface area contributed by atoms with Crippen LogP contribution in [0.2, 0.25) is 0 Å². The van der Waals surface area contributed by atoms with Crippen LogP contribution >= 0.6 is 11.3 Å². The van der Waals surface area contributed by atoms with Crippen molar-refractivity contribution in [2.24, 2.45) is 4.99 Å². The van der Waals surface area contributed by atoms with Gasteiger partial charge < -0.3 is 14.6 Å². The lowest BCUT2D eigenvalue weighted by molar-refractivity contribution is -0.124. The van der Waals surface area contributed by atoms with E-state index in [2.05, 4.69) is 15.3 Å². The van der Waals surface area contributed by atoms with Gasteiger partial charge in [-0.25, -0.2) is 0 Å². The van der Waals surface area contributed by atoms with Crippen molar-refractivity contribution < 1.29 is 14.3 Å². The molecule has 32 heavy (non-hydrogen) atoms. The number of benzene rings is 2. The van der Waals surface area contributed by atoms with Gasteiger partial charge in [0.1, 0.15) is 11.8 Å². The first-order valence-electron chi connectivity index (χ1n) is 10.1. The lowest BCUT2D eigenvalue weighted by atomic mass is 10.2. The predicted octanol–water partition coefficient (Wildman–Crippen LogP) is 3.72. The van der Waals surface area contributed by atoms with Gasteiger partial charge in [-0.3, -0.25) is 14.6 Å². The fourth-order valence-corrected chi connectivity index (χ4v) is 4.40. The fourth-order valence-electron chi connectivity index (χ4n) is 3.31. The second kappa shape index (κ2) is 9.57. The zero-order valence-corrected chi connectivity index (χ0v) is 18.5. The molecule has 1 N–H and O–H groups in total. The Labute approximate surface area is 189 Å². The summed E-state index contributed by atoms with van der Waals surface area (Å²) >= 11 is 1.37. The molecular formula is C24H22N4O3S. The van der Waals surface area contributed by atoms with Crippen LogP contribution < -0.4 is 14.9 Å². The summed E-state index contributed by atoms with van der Waals surface area (Å²) in [6.07, 6.45) is 3.38. The summed E-state index contributed by atoms with van der Waals surface area (Å²) in [6, 6.07) is 17.7. The number of rotatable bonds is 6. The summed E-state index contributed by atoms with van der Waals surface area (Å²) in [7, 11) is 1.55. The first kappa shape index (κ1) is 21.5. The quantitative estimate of drug-likeness (QED) is 0.489. The summed E-state index contributed by atoms with van der Waals surface area (Å²) in [5.74, 6) is 0.0216. The molecule has 2 amide bonds. The minimum atomic E-state index is -0.565. The minimum Gasteiger partial charge on any atom is -0.497 e. The highest BCUT2D eigenvalue weighted by Crippen LogP contribution is 2.21. The van der Waals surface area contributed by atoms with E-state index in [1.165, 1.54) is 11.3 Å². The Morgan fingerprint density at radius 2 is 1.91 bits per heavy atom. The SMILES string of the molecule is COc1cccc(C(=O)N=c2sc3ccccc3n2[C@H](C)C(=O)NCc2ccncc2)c1. The topological polar surface area (TPSA) is 85.6 Å². The van der Waals surface area contributed by atoms with Crippen molar-refractivity contribution in [1.29, 1.82) is 0 Å². The highest BCUT2D eigenvalue weighted by Gasteiger charge is 2.20. The largest absolute Gasteiger partial charge is 0.497 e. The molecule has 8 heteroatoms. The van der Waals surface area contributed by atoms with Crippen molar-refractivity contribution in [3.05, 3.63) is 89.0 Å². The molecule has 7 nitrogen and oxygen atoms in total. The molecule has 0 saturated carbocycles. The molecule has 2 aromatic carbocycles. The van der Waals surface area contributed by atoms with E-state index in [0.717, 1.165) is 15.8 Å². The highest BCUT2D eigenvalue weighted by atomic mass is 32.1. The number of para-hydroxylation sites is 1. The number of carbonyl (C=O) groups excluding carboxylic acids is 2. The molecule has 0 saturated heterocycles. The van der Waals surface area contributed by atoms with Gasteiger partial charge in [0.25, 0.3) is 5.91 Å². The summed E-state index contributed by atoms with van der Waals surface area (Å²) in [5.41, 5.74) is 2.23. The normalized spacial score (nSPS) is 12.5. The molecule has 1 atom stereocenters. The van der Waals surface area contributed by atoms with Gasteiger partial charge in [0.15, 0.2) is 4.80 Å². The Bertz CT molecular complexity index is 1330. The van der Waals surface area contributed by atoms with Gasteiger partial charge in [-0.05, 0) is 55.0 Å². The number of aromatic nitrogens is 2. The second-order valence-corrected chi connectivity index (χ2v) is 8.13. The molecule has 2 heterocycles. The molecule has 0 radical (unpaired) electrons. The third kappa shape index (κ3) is 4.60. The molecule has 0 aliphatic rings. The van der Waals surface area contributed by atoms with Gasteiger partial charge in [-0.1, -0.05) is 29.5 Å². The van der Waals surface area contributed by atoms with Crippen LogP contribution in [0.4, 0.5) is 0 Å². The summed E-state index contributed by atoms with van der Waals surface area (Å²) < 4.78 is 7.96. The number of carbonyl (C=O) groups is 2. The standard InChI is InChI=1S/C24H22N4O3S/c1-16(22(29)26-15-17-10-12-25-13-11-17)28-20-8-3-4-9-21(20)32-24(28)27-23(30)18-6-5-7-19(14-18)31-2/h3-14,16H,15H2,1-2H3,(H,26,29)/t16-/m1/s1. The Morgan fingerprint density at radius 1 is 1.12 bits per heavy atom. The van der Waals surface area contributed by atoms with E-state index < -0.39 is 11.9 Å². The van der Waals surface area contributed by atoms with Crippen molar-refractivity contribution in [2.75, 3.05) is 7.11 Å². The van der Waals surface area contributed by atoms with Gasteiger partial charge >= 0.3 is 0 Å². The Morgan fingerprint density at radius 3 is 2.69 bits per heavy atom. The third-order valence-corrected chi connectivity index (χ3v) is 6.06. The number of thiazole rings is 1. The number of hydrogen-bond acceptors (Lipinski definition) is 5. The summed E-state index contributed by atoms with van der Waals surface area (Å²) in [4.78, 5) is 34.7. The average Bonchev–Trinajstić information content (AvgIpc) is 3.20. The van der Waals surface area contributed by atoms with E-state index in [1.807, 2.05) is 36.4 Å². The van der Waals surface area contributed by atoms with E-state index in [9.17, 15) is 9.59 Å². The van der Waals surface area contributed by atoms with Crippen molar-refractivity contribution >= 4 is 33.4 Å². The van der Waals surface area contributed by atoms with Crippen molar-refractivity contribution in [1.82, 2.24) is 14.9 Å². The maximum atomic E-state index is 13.0. The van der Waals surface area contributed by atoms with Gasteiger partial charge in [0, 0.05) is 24.5 Å². The molecule has 0 bridgehead atoms. The first-order chi connectivity index (χ1) is 15.6. The Kier molecular flexibility index (Phi) is 6.42. The van der Waals surface area contributed by atoms with E-state index in [4.69, 9.17) is 4.74 Å². The van der Waals surface area contributed by atoms with Gasteiger partial charge in [-0.2, -0.15) is 4.99 Å². The van der Waals surface area contributed by atoms with Crippen LogP contribution in [0.1, 0.15) is 28.9 Å². The van der Waals surface area contributed by atoms with Gasteiger partial charge in [-0.15, -0.1) is 0 Å². The Hall–Kier alpha value is -3.78. The maximum absolute atomic E-state index is 13.0. The summed E-state index contributed by atoms with van der Waals surface area (Å²) in [5, 5.41) is 2.95. The predicted molar refractivity (Wildman–Crippen MR) is 123 cm³/mol. The number of methoxy groups -OCH3 is 1. The van der Waals surface area contributed by atoms with Crippen LogP contribution in [-0.4, -0.2) is 28.5 Å².